The third-order valence-electron chi connectivity index (χ3n) is 1.44. The van der Waals surface area contributed by atoms with Crippen molar-refractivity contribution in [2.45, 2.75) is 13.0 Å². The van der Waals surface area contributed by atoms with Crippen molar-refractivity contribution in [2.75, 3.05) is 0 Å². The Balaban J connectivity index is 3.12. The van der Waals surface area contributed by atoms with E-state index in [0.29, 0.717) is 10.2 Å². The van der Waals surface area contributed by atoms with Crippen LogP contribution in [0, 0.1) is 0 Å². The monoisotopic (exact) mass is 236 g/mol. The summed E-state index contributed by atoms with van der Waals surface area (Å²) in [6.45, 7) is 0.0833. The first-order valence-corrected chi connectivity index (χ1v) is 4.07. The van der Waals surface area contributed by atoms with E-state index in [0.717, 1.165) is 0 Å². The first-order chi connectivity index (χ1) is 5.65. The Hall–Kier alpha value is -0.550. The summed E-state index contributed by atoms with van der Waals surface area (Å²) in [6.07, 6.45) is -1.14. The highest BCUT2D eigenvalue weighted by molar-refractivity contribution is 9.10. The average molecular weight is 237 g/mol. The third kappa shape index (κ3) is 1.98. The predicted octanol–water partition coefficient (Wildman–Crippen LogP) is 2.24. The second-order valence-electron chi connectivity index (χ2n) is 2.21. The summed E-state index contributed by atoms with van der Waals surface area (Å²) in [7, 11) is 0. The smallest absolute Gasteiger partial charge is 0.264 e. The Morgan fingerprint density at radius 3 is 2.75 bits per heavy atom. The molecule has 66 valence electrons. The molecule has 0 bridgehead atoms. The molecule has 0 aliphatic carbocycles. The summed E-state index contributed by atoms with van der Waals surface area (Å²) in [5.41, 5.74) is 5.58. The van der Waals surface area contributed by atoms with Gasteiger partial charge in [0.25, 0.3) is 6.43 Å². The molecule has 0 saturated carbocycles. The van der Waals surface area contributed by atoms with E-state index in [2.05, 4.69) is 20.9 Å². The molecule has 1 aromatic rings. The van der Waals surface area contributed by atoms with E-state index in [4.69, 9.17) is 5.73 Å². The van der Waals surface area contributed by atoms with Gasteiger partial charge in [-0.25, -0.2) is 13.8 Å². The molecule has 0 saturated heterocycles. The first kappa shape index (κ1) is 9.54. The number of hydrogen-bond donors (Lipinski definition) is 1. The van der Waals surface area contributed by atoms with E-state index >= 15 is 0 Å². The molecule has 0 fully saturated rings. The third-order valence-corrected chi connectivity index (χ3v) is 1.88. The van der Waals surface area contributed by atoms with Gasteiger partial charge in [-0.2, -0.15) is 0 Å². The minimum Gasteiger partial charge on any atom is -0.326 e. The topological polar surface area (TPSA) is 38.9 Å². The fraction of sp³-hybridized carbons (Fsp3) is 0.286. The number of aromatic nitrogens is 1. The second-order valence-corrected chi connectivity index (χ2v) is 3.02. The van der Waals surface area contributed by atoms with Crippen LogP contribution in [0.3, 0.4) is 0 Å². The van der Waals surface area contributed by atoms with Crippen molar-refractivity contribution in [1.29, 1.82) is 0 Å². The van der Waals surface area contributed by atoms with Gasteiger partial charge in [-0.05, 0) is 27.6 Å². The lowest BCUT2D eigenvalue weighted by molar-refractivity contribution is 0.150. The summed E-state index contributed by atoms with van der Waals surface area (Å²) in [4.78, 5) is 3.80. The Kier molecular flexibility index (Phi) is 3.11. The molecule has 0 amide bonds. The molecule has 0 aromatic carbocycles. The van der Waals surface area contributed by atoms with E-state index in [1.54, 1.807) is 0 Å². The predicted molar refractivity (Wildman–Crippen MR) is 44.8 cm³/mol. The largest absolute Gasteiger partial charge is 0.326 e. The summed E-state index contributed by atoms with van der Waals surface area (Å²) in [5, 5.41) is 0. The van der Waals surface area contributed by atoms with Gasteiger partial charge in [0.2, 0.25) is 0 Å². The average Bonchev–Trinajstić information content (AvgIpc) is 2.04. The van der Waals surface area contributed by atoms with Crippen molar-refractivity contribution in [2.24, 2.45) is 5.73 Å². The number of pyridine rings is 1. The van der Waals surface area contributed by atoms with Crippen LogP contribution in [0.15, 0.2) is 16.9 Å². The van der Waals surface area contributed by atoms with Crippen molar-refractivity contribution < 1.29 is 8.78 Å². The fourth-order valence-electron chi connectivity index (χ4n) is 0.846. The van der Waals surface area contributed by atoms with Crippen LogP contribution in [0.25, 0.3) is 0 Å². The quantitative estimate of drug-likeness (QED) is 0.801. The minimum absolute atomic E-state index is 0.0561. The molecular weight excluding hydrogens is 230 g/mol. The van der Waals surface area contributed by atoms with Crippen molar-refractivity contribution in [3.63, 3.8) is 0 Å². The zero-order chi connectivity index (χ0) is 9.14. The van der Waals surface area contributed by atoms with Crippen LogP contribution in [0.2, 0.25) is 0 Å². The molecule has 0 spiro atoms. The van der Waals surface area contributed by atoms with Crippen LogP contribution in [-0.2, 0) is 6.54 Å². The normalized spacial score (nSPS) is 10.8. The highest BCUT2D eigenvalue weighted by Gasteiger charge is 2.12. The fourth-order valence-corrected chi connectivity index (χ4v) is 1.20. The first-order valence-electron chi connectivity index (χ1n) is 3.27. The summed E-state index contributed by atoms with van der Waals surface area (Å²) in [6, 6.07) is 1.28. The number of halogens is 3. The Bertz CT molecular complexity index is 278. The van der Waals surface area contributed by atoms with Crippen LogP contribution in [-0.4, -0.2) is 4.98 Å². The zero-order valence-electron chi connectivity index (χ0n) is 6.10. The lowest BCUT2D eigenvalue weighted by Gasteiger charge is -2.05. The number of hydrogen-bond acceptors (Lipinski definition) is 2. The molecule has 0 aliphatic rings. The molecule has 12 heavy (non-hydrogen) atoms. The standard InChI is InChI=1S/C7H7BrF2N2/c8-6-1-5(7(9)10)4(2-11)3-12-6/h1,3,7H,2,11H2. The van der Waals surface area contributed by atoms with Gasteiger partial charge in [0, 0.05) is 18.3 Å². The lowest BCUT2D eigenvalue weighted by Crippen LogP contribution is -2.02. The Morgan fingerprint density at radius 1 is 1.58 bits per heavy atom. The van der Waals surface area contributed by atoms with Crippen LogP contribution in [0.5, 0.6) is 0 Å². The molecule has 1 aromatic heterocycles. The maximum absolute atomic E-state index is 12.3. The molecule has 1 rings (SSSR count). The number of nitrogens with zero attached hydrogens (tertiary/aromatic N) is 1. The zero-order valence-corrected chi connectivity index (χ0v) is 7.68. The molecule has 1 heterocycles. The van der Waals surface area contributed by atoms with Crippen LogP contribution >= 0.6 is 15.9 Å². The van der Waals surface area contributed by atoms with Gasteiger partial charge in [-0.1, -0.05) is 0 Å². The van der Waals surface area contributed by atoms with Crippen molar-refractivity contribution >= 4 is 15.9 Å². The van der Waals surface area contributed by atoms with Gasteiger partial charge in [-0.15, -0.1) is 0 Å². The van der Waals surface area contributed by atoms with E-state index in [9.17, 15) is 8.78 Å². The molecule has 2 N–H and O–H groups in total. The Morgan fingerprint density at radius 2 is 2.25 bits per heavy atom. The van der Waals surface area contributed by atoms with Gasteiger partial charge >= 0.3 is 0 Å². The van der Waals surface area contributed by atoms with Crippen LogP contribution in [0.1, 0.15) is 17.6 Å². The number of rotatable bonds is 2. The molecule has 5 heteroatoms. The lowest BCUT2D eigenvalue weighted by atomic mass is 10.1. The van der Waals surface area contributed by atoms with Gasteiger partial charge in [-0.3, -0.25) is 0 Å². The SMILES string of the molecule is NCc1cnc(Br)cc1C(F)F. The highest BCUT2D eigenvalue weighted by Crippen LogP contribution is 2.24. The summed E-state index contributed by atoms with van der Waals surface area (Å²) >= 11 is 3.01. The Labute approximate surface area is 76.9 Å². The van der Waals surface area contributed by atoms with Gasteiger partial charge in [0.1, 0.15) is 4.60 Å². The van der Waals surface area contributed by atoms with E-state index in [-0.39, 0.29) is 12.1 Å². The highest BCUT2D eigenvalue weighted by atomic mass is 79.9. The van der Waals surface area contributed by atoms with E-state index in [1.807, 2.05) is 0 Å². The van der Waals surface area contributed by atoms with E-state index < -0.39 is 6.43 Å². The van der Waals surface area contributed by atoms with Crippen molar-refractivity contribution in [3.05, 3.63) is 28.0 Å². The maximum Gasteiger partial charge on any atom is 0.264 e. The second kappa shape index (κ2) is 3.91. The molecule has 0 unspecified atom stereocenters. The maximum atomic E-state index is 12.3. The molecular formula is C7H7BrF2N2. The molecule has 0 aliphatic heterocycles. The van der Waals surface area contributed by atoms with Crippen LogP contribution < -0.4 is 5.73 Å². The number of alkyl halides is 2. The molecule has 0 atom stereocenters. The van der Waals surface area contributed by atoms with Gasteiger partial charge in [0.05, 0.1) is 0 Å². The number of nitrogens with two attached hydrogens (primary N) is 1. The summed E-state index contributed by atoms with van der Waals surface area (Å²) in [5.74, 6) is 0. The van der Waals surface area contributed by atoms with Crippen LogP contribution in [0.4, 0.5) is 8.78 Å². The summed E-state index contributed by atoms with van der Waals surface area (Å²) < 4.78 is 25.0. The van der Waals surface area contributed by atoms with Crippen molar-refractivity contribution in [3.8, 4) is 0 Å². The molecule has 0 radical (unpaired) electrons. The minimum atomic E-state index is -2.50. The van der Waals surface area contributed by atoms with Gasteiger partial charge in [0.15, 0.2) is 0 Å². The van der Waals surface area contributed by atoms with Crippen molar-refractivity contribution in [1.82, 2.24) is 4.98 Å². The molecule has 2 nitrogen and oxygen atoms in total. The van der Waals surface area contributed by atoms with E-state index in [1.165, 1.54) is 12.3 Å². The van der Waals surface area contributed by atoms with Gasteiger partial charge < -0.3 is 5.73 Å².